The molecule has 5 nitrogen and oxygen atoms in total. The molecule has 0 saturated heterocycles. The number of nitrogens with zero attached hydrogens (tertiary/aromatic N) is 1. The zero-order chi connectivity index (χ0) is 24.6. The Kier molecular flexibility index (Phi) is 8.26. The molecule has 6 heteroatoms. The van der Waals surface area contributed by atoms with Crippen LogP contribution in [0.1, 0.15) is 12.5 Å². The summed E-state index contributed by atoms with van der Waals surface area (Å²) in [6.07, 6.45) is 0. The lowest BCUT2D eigenvalue weighted by Gasteiger charge is -2.25. The van der Waals surface area contributed by atoms with Gasteiger partial charge in [-0.1, -0.05) is 36.4 Å². The van der Waals surface area contributed by atoms with Crippen LogP contribution in [0.2, 0.25) is 0 Å². The fourth-order valence-electron chi connectivity index (χ4n) is 3.61. The Bertz CT molecular complexity index is 1280. The van der Waals surface area contributed by atoms with Gasteiger partial charge in [0.1, 0.15) is 17.2 Å². The molecule has 0 aromatic heterocycles. The summed E-state index contributed by atoms with van der Waals surface area (Å²) < 4.78 is 19.7. The lowest BCUT2D eigenvalue weighted by Crippen LogP contribution is -3.61. The summed E-state index contributed by atoms with van der Waals surface area (Å²) in [7, 11) is 3.25. The maximum atomic E-state index is 13.0. The molecule has 0 heterocycles. The Morgan fingerprint density at radius 2 is 1.43 bits per heavy atom. The molecule has 0 bridgehead atoms. The number of benzene rings is 4. The number of amides is 1. The lowest BCUT2D eigenvalue weighted by atomic mass is 10.1. The van der Waals surface area contributed by atoms with Crippen LogP contribution < -0.4 is 40.3 Å². The van der Waals surface area contributed by atoms with E-state index in [-0.39, 0.29) is 5.91 Å². The summed E-state index contributed by atoms with van der Waals surface area (Å²) in [4.78, 5) is 14.7. The minimum absolute atomic E-state index is 0.0946. The highest BCUT2D eigenvalue weighted by molar-refractivity contribution is 5.93. The van der Waals surface area contributed by atoms with Gasteiger partial charge in [-0.15, -0.1) is 0 Å². The van der Waals surface area contributed by atoms with E-state index in [1.807, 2.05) is 60.7 Å². The first-order valence-electron chi connectivity index (χ1n) is 11.1. The van der Waals surface area contributed by atoms with Crippen molar-refractivity contribution in [1.82, 2.24) is 0 Å². The average molecular weight is 580 g/mol. The largest absolute Gasteiger partial charge is 0.497 e. The first-order chi connectivity index (χ1) is 17.1. The van der Waals surface area contributed by atoms with Crippen molar-refractivity contribution in [3.63, 3.8) is 0 Å². The van der Waals surface area contributed by atoms with Gasteiger partial charge in [-0.3, -0.25) is 4.79 Å². The summed E-state index contributed by atoms with van der Waals surface area (Å²) in [6, 6.07) is 31.7. The standard InChI is InChI=1S/C29H27INO4/c1-21(32)31(20-22-18-26(33-2)15-17-28(22)34-3)27-19-24(30-23-10-6-4-7-11-23)14-16-29(27)35-25-12-8-5-9-13-25/h4-19H,20H2,1-3H3/q+1. The van der Waals surface area contributed by atoms with Crippen LogP contribution in [0.15, 0.2) is 97.1 Å². The Morgan fingerprint density at radius 1 is 0.743 bits per heavy atom. The van der Waals surface area contributed by atoms with Gasteiger partial charge >= 0.3 is 21.2 Å². The lowest BCUT2D eigenvalue weighted by molar-refractivity contribution is -0.597. The van der Waals surface area contributed by atoms with Gasteiger partial charge < -0.3 is 19.1 Å². The molecule has 35 heavy (non-hydrogen) atoms. The van der Waals surface area contributed by atoms with E-state index in [0.717, 1.165) is 11.3 Å². The Labute approximate surface area is 216 Å². The number of rotatable bonds is 9. The summed E-state index contributed by atoms with van der Waals surface area (Å²) in [5.41, 5.74) is 1.57. The Balaban J connectivity index is 1.76. The van der Waals surface area contributed by atoms with Crippen LogP contribution in [-0.2, 0) is 11.3 Å². The number of ether oxygens (including phenoxy) is 3. The predicted octanol–water partition coefficient (Wildman–Crippen LogP) is 3.18. The fraction of sp³-hybridized carbons (Fsp3) is 0.138. The number of carbonyl (C=O) groups excluding carboxylic acids is 1. The quantitative estimate of drug-likeness (QED) is 0.286. The van der Waals surface area contributed by atoms with E-state index in [2.05, 4.69) is 36.4 Å². The molecule has 0 aliphatic heterocycles. The van der Waals surface area contributed by atoms with Gasteiger partial charge in [0.15, 0.2) is 12.9 Å². The number of carbonyl (C=O) groups is 1. The van der Waals surface area contributed by atoms with E-state index >= 15 is 0 Å². The molecule has 0 atom stereocenters. The highest BCUT2D eigenvalue weighted by Crippen LogP contribution is 2.35. The van der Waals surface area contributed by atoms with Crippen LogP contribution in [0, 0.1) is 7.14 Å². The molecular weight excluding hydrogens is 553 g/mol. The molecule has 0 radical (unpaired) electrons. The van der Waals surface area contributed by atoms with E-state index in [4.69, 9.17) is 14.2 Å². The second-order valence-electron chi connectivity index (χ2n) is 7.70. The molecule has 4 aromatic carbocycles. The van der Waals surface area contributed by atoms with Gasteiger partial charge in [-0.2, -0.15) is 0 Å². The van der Waals surface area contributed by atoms with E-state index in [1.54, 1.807) is 26.0 Å². The summed E-state index contributed by atoms with van der Waals surface area (Å²) in [5.74, 6) is 2.63. The highest BCUT2D eigenvalue weighted by Gasteiger charge is 2.24. The van der Waals surface area contributed by atoms with Crippen LogP contribution >= 0.6 is 0 Å². The first kappa shape index (κ1) is 24.6. The second-order valence-corrected chi connectivity index (χ2v) is 10.7. The van der Waals surface area contributed by atoms with Gasteiger partial charge in [0.05, 0.1) is 26.5 Å². The molecule has 0 unspecified atom stereocenters. The average Bonchev–Trinajstić information content (AvgIpc) is 2.89. The number of hydrogen-bond donors (Lipinski definition) is 0. The zero-order valence-corrected chi connectivity index (χ0v) is 22.1. The van der Waals surface area contributed by atoms with Crippen LogP contribution in [0.4, 0.5) is 5.69 Å². The van der Waals surface area contributed by atoms with Gasteiger partial charge in [0.25, 0.3) is 0 Å². The molecule has 178 valence electrons. The van der Waals surface area contributed by atoms with Crippen molar-refractivity contribution in [3.05, 3.63) is 110 Å². The van der Waals surface area contributed by atoms with Gasteiger partial charge in [-0.05, 0) is 54.6 Å². The van der Waals surface area contributed by atoms with Crippen molar-refractivity contribution in [2.45, 2.75) is 13.5 Å². The van der Waals surface area contributed by atoms with Crippen LogP contribution in [-0.4, -0.2) is 20.1 Å². The molecule has 1 amide bonds. The number of anilines is 1. The summed E-state index contributed by atoms with van der Waals surface area (Å²) in [6.45, 7) is 1.88. The first-order valence-corrected chi connectivity index (χ1v) is 13.3. The molecule has 0 N–H and O–H groups in total. The molecule has 0 aliphatic carbocycles. The molecule has 4 rings (SSSR count). The molecule has 4 aromatic rings. The molecule has 0 spiro atoms. The molecule has 0 aliphatic rings. The second kappa shape index (κ2) is 11.8. The number of halogens is 1. The minimum Gasteiger partial charge on any atom is -0.497 e. The van der Waals surface area contributed by atoms with Crippen LogP contribution in [0.3, 0.4) is 0 Å². The third kappa shape index (κ3) is 6.33. The monoisotopic (exact) mass is 580 g/mol. The van der Waals surface area contributed by atoms with Gasteiger partial charge in [0.2, 0.25) is 5.91 Å². The predicted molar refractivity (Wildman–Crippen MR) is 133 cm³/mol. The number of methoxy groups -OCH3 is 2. The highest BCUT2D eigenvalue weighted by atomic mass is 127. The van der Waals surface area contributed by atoms with E-state index in [1.165, 1.54) is 7.14 Å². The normalized spacial score (nSPS) is 10.5. The maximum absolute atomic E-state index is 13.0. The number of hydrogen-bond acceptors (Lipinski definition) is 4. The van der Waals surface area contributed by atoms with Crippen LogP contribution in [0.5, 0.6) is 23.0 Å². The van der Waals surface area contributed by atoms with Crippen LogP contribution in [0.25, 0.3) is 0 Å². The smallest absolute Gasteiger partial charge is 0.357 e. The van der Waals surface area contributed by atoms with Crippen molar-refractivity contribution < 1.29 is 40.2 Å². The molecular formula is C29H27INO4+. The van der Waals surface area contributed by atoms with E-state index < -0.39 is 21.2 Å². The van der Waals surface area contributed by atoms with Crippen molar-refractivity contribution in [3.8, 4) is 23.0 Å². The van der Waals surface area contributed by atoms with Gasteiger partial charge in [0, 0.05) is 18.6 Å². The van der Waals surface area contributed by atoms with Crippen molar-refractivity contribution in [1.29, 1.82) is 0 Å². The SMILES string of the molecule is COc1ccc(OC)c(CN(C(C)=O)c2cc([I+]c3ccccc3)ccc2Oc2ccccc2)c1. The van der Waals surface area contributed by atoms with Crippen molar-refractivity contribution in [2.24, 2.45) is 0 Å². The summed E-state index contributed by atoms with van der Waals surface area (Å²) >= 11 is -0.423. The minimum atomic E-state index is -0.423. The molecule has 0 saturated carbocycles. The van der Waals surface area contributed by atoms with Gasteiger partial charge in [-0.25, -0.2) is 0 Å². The van der Waals surface area contributed by atoms with E-state index in [0.29, 0.717) is 29.5 Å². The Morgan fingerprint density at radius 3 is 2.09 bits per heavy atom. The third-order valence-corrected chi connectivity index (χ3v) is 7.97. The topological polar surface area (TPSA) is 48.0 Å². The van der Waals surface area contributed by atoms with E-state index in [9.17, 15) is 4.79 Å². The van der Waals surface area contributed by atoms with Crippen molar-refractivity contribution in [2.75, 3.05) is 19.1 Å². The Hall–Kier alpha value is -3.52. The van der Waals surface area contributed by atoms with Crippen molar-refractivity contribution >= 4 is 11.6 Å². The fourth-order valence-corrected chi connectivity index (χ4v) is 5.91. The zero-order valence-electron chi connectivity index (χ0n) is 19.9. The third-order valence-electron chi connectivity index (χ3n) is 5.33. The maximum Gasteiger partial charge on any atom is 0.357 e. The number of para-hydroxylation sites is 1. The molecule has 0 fully saturated rings. The summed E-state index contributed by atoms with van der Waals surface area (Å²) in [5, 5.41) is 0.